The molecule has 0 N–H and O–H groups in total. The van der Waals surface area contributed by atoms with Crippen LogP contribution < -0.4 is 0 Å². The first kappa shape index (κ1) is 15.9. The maximum Gasteiger partial charge on any atom is 0.417 e. The van der Waals surface area contributed by atoms with Crippen LogP contribution in [0.3, 0.4) is 0 Å². The zero-order chi connectivity index (χ0) is 16.8. The maximum absolute atomic E-state index is 13.3. The highest BCUT2D eigenvalue weighted by Crippen LogP contribution is 2.26. The number of carbonyl (C=O) groups excluding carboxylic acids is 2. The molecule has 2 saturated heterocycles. The van der Waals surface area contributed by atoms with E-state index in [0.717, 1.165) is 11.0 Å². The summed E-state index contributed by atoms with van der Waals surface area (Å²) < 4.78 is 44.4. The molecule has 2 aliphatic rings. The van der Waals surface area contributed by atoms with Crippen molar-refractivity contribution in [1.29, 1.82) is 0 Å². The van der Waals surface area contributed by atoms with Gasteiger partial charge in [-0.2, -0.15) is 4.31 Å². The Kier molecular flexibility index (Phi) is 3.85. The largest absolute Gasteiger partial charge is 0.439 e. The van der Waals surface area contributed by atoms with Gasteiger partial charge in [-0.25, -0.2) is 22.5 Å². The van der Waals surface area contributed by atoms with Crippen LogP contribution >= 0.6 is 0 Å². The molecule has 2 fully saturated rings. The summed E-state index contributed by atoms with van der Waals surface area (Å²) in [5, 5.41) is 0. The van der Waals surface area contributed by atoms with Crippen LogP contribution in [0.1, 0.15) is 12.0 Å². The highest BCUT2D eigenvalue weighted by Gasteiger charge is 2.43. The summed E-state index contributed by atoms with van der Waals surface area (Å²) in [6.07, 6.45) is -0.392. The summed E-state index contributed by atoms with van der Waals surface area (Å²) in [7, 11) is -3.80. The number of benzene rings is 1. The van der Waals surface area contributed by atoms with Gasteiger partial charge in [0.15, 0.2) is 6.61 Å². The van der Waals surface area contributed by atoms with Crippen LogP contribution in [0.5, 0.6) is 0 Å². The first-order valence-corrected chi connectivity index (χ1v) is 8.50. The smallest absolute Gasteiger partial charge is 0.417 e. The van der Waals surface area contributed by atoms with Crippen LogP contribution in [0.4, 0.5) is 9.18 Å². The van der Waals surface area contributed by atoms with Gasteiger partial charge in [-0.1, -0.05) is 0 Å². The molecule has 0 spiro atoms. The van der Waals surface area contributed by atoms with Gasteiger partial charge in [0.25, 0.3) is 5.91 Å². The molecular formula is C14H15FN2O5S. The predicted octanol–water partition coefficient (Wildman–Crippen LogP) is 0.876. The minimum atomic E-state index is -3.80. The molecule has 1 aromatic rings. The van der Waals surface area contributed by atoms with Crippen molar-refractivity contribution in [3.8, 4) is 0 Å². The van der Waals surface area contributed by atoms with Crippen LogP contribution in [0.25, 0.3) is 0 Å². The molecule has 9 heteroatoms. The Balaban J connectivity index is 1.81. The third kappa shape index (κ3) is 2.70. The van der Waals surface area contributed by atoms with E-state index in [-0.39, 0.29) is 30.2 Å². The number of rotatable bonds is 3. The van der Waals surface area contributed by atoms with Crippen LogP contribution in [-0.2, 0) is 19.6 Å². The third-order valence-electron chi connectivity index (χ3n) is 4.04. The number of cyclic esters (lactones) is 1. The normalized spacial score (nSPS) is 22.7. The van der Waals surface area contributed by atoms with E-state index in [0.29, 0.717) is 6.42 Å². The highest BCUT2D eigenvalue weighted by molar-refractivity contribution is 7.89. The van der Waals surface area contributed by atoms with Crippen LogP contribution in [-0.4, -0.2) is 55.4 Å². The van der Waals surface area contributed by atoms with E-state index in [1.165, 1.54) is 23.4 Å². The molecule has 7 nitrogen and oxygen atoms in total. The van der Waals surface area contributed by atoms with Crippen LogP contribution in [0.2, 0.25) is 0 Å². The zero-order valence-corrected chi connectivity index (χ0v) is 13.2. The quantitative estimate of drug-likeness (QED) is 0.814. The van der Waals surface area contributed by atoms with Crippen molar-refractivity contribution in [2.24, 2.45) is 0 Å². The summed E-state index contributed by atoms with van der Waals surface area (Å²) in [5.41, 5.74) is 0.236. The molecule has 1 aromatic carbocycles. The molecule has 0 aromatic heterocycles. The van der Waals surface area contributed by atoms with Gasteiger partial charge in [0.2, 0.25) is 10.0 Å². The fraction of sp³-hybridized carbons (Fsp3) is 0.429. The van der Waals surface area contributed by atoms with Gasteiger partial charge >= 0.3 is 6.09 Å². The first-order valence-electron chi connectivity index (χ1n) is 7.06. The second-order valence-electron chi connectivity index (χ2n) is 5.53. The Bertz CT molecular complexity index is 763. The van der Waals surface area contributed by atoms with Gasteiger partial charge in [0, 0.05) is 13.1 Å². The number of sulfonamides is 1. The SMILES string of the molecule is Cc1cc(S(=O)(=O)N2CCC(N3C(=O)COC3=O)C2)ccc1F. The zero-order valence-electron chi connectivity index (χ0n) is 12.4. The number of amides is 2. The predicted molar refractivity (Wildman–Crippen MR) is 76.5 cm³/mol. The average molecular weight is 342 g/mol. The van der Waals surface area contributed by atoms with Crippen LogP contribution in [0, 0.1) is 12.7 Å². The minimum Gasteiger partial charge on any atom is -0.439 e. The monoisotopic (exact) mass is 342 g/mol. The van der Waals surface area contributed by atoms with Gasteiger partial charge in [0.05, 0.1) is 10.9 Å². The van der Waals surface area contributed by atoms with Crippen LogP contribution in [0.15, 0.2) is 23.1 Å². The van der Waals surface area contributed by atoms with Crippen molar-refractivity contribution in [3.05, 3.63) is 29.6 Å². The van der Waals surface area contributed by atoms with Crippen molar-refractivity contribution >= 4 is 22.0 Å². The van der Waals surface area contributed by atoms with Crippen molar-refractivity contribution in [1.82, 2.24) is 9.21 Å². The Morgan fingerprint density at radius 2 is 2.04 bits per heavy atom. The van der Waals surface area contributed by atoms with E-state index in [4.69, 9.17) is 0 Å². The molecular weight excluding hydrogens is 327 g/mol. The second kappa shape index (κ2) is 5.57. The summed E-state index contributed by atoms with van der Waals surface area (Å²) in [5.74, 6) is -0.939. The maximum atomic E-state index is 13.3. The molecule has 23 heavy (non-hydrogen) atoms. The fourth-order valence-electron chi connectivity index (χ4n) is 2.78. The number of carbonyl (C=O) groups is 2. The Morgan fingerprint density at radius 3 is 2.65 bits per heavy atom. The van der Waals surface area contributed by atoms with Crippen molar-refractivity contribution in [2.45, 2.75) is 24.3 Å². The van der Waals surface area contributed by atoms with E-state index in [1.807, 2.05) is 0 Å². The van der Waals surface area contributed by atoms with Gasteiger partial charge in [-0.05, 0) is 37.1 Å². The van der Waals surface area contributed by atoms with Gasteiger partial charge in [0.1, 0.15) is 5.82 Å². The molecule has 0 bridgehead atoms. The first-order chi connectivity index (χ1) is 10.8. The number of hydrogen-bond acceptors (Lipinski definition) is 5. The summed E-state index contributed by atoms with van der Waals surface area (Å²) in [4.78, 5) is 24.2. The van der Waals surface area contributed by atoms with Crippen molar-refractivity contribution < 1.29 is 27.1 Å². The molecule has 1 atom stereocenters. The molecule has 2 heterocycles. The number of ether oxygens (including phenoxy) is 1. The minimum absolute atomic E-state index is 0.00706. The van der Waals surface area contributed by atoms with Gasteiger partial charge < -0.3 is 4.74 Å². The molecule has 3 rings (SSSR count). The molecule has 0 aliphatic carbocycles. The topological polar surface area (TPSA) is 84.0 Å². The fourth-order valence-corrected chi connectivity index (χ4v) is 4.36. The summed E-state index contributed by atoms with van der Waals surface area (Å²) in [6.45, 7) is 1.37. The number of hydrogen-bond donors (Lipinski definition) is 0. The number of nitrogens with zero attached hydrogens (tertiary/aromatic N) is 2. The summed E-state index contributed by atoms with van der Waals surface area (Å²) >= 11 is 0. The number of halogens is 1. The lowest BCUT2D eigenvalue weighted by Crippen LogP contribution is -2.42. The molecule has 2 amide bonds. The van der Waals surface area contributed by atoms with Gasteiger partial charge in [-0.3, -0.25) is 4.79 Å². The Labute approximate surface area is 132 Å². The Hall–Kier alpha value is -2.00. The average Bonchev–Trinajstić information content (AvgIpc) is 3.09. The molecule has 2 aliphatic heterocycles. The number of aryl methyl sites for hydroxylation is 1. The van der Waals surface area contributed by atoms with Gasteiger partial charge in [-0.15, -0.1) is 0 Å². The number of imide groups is 1. The van der Waals surface area contributed by atoms with E-state index in [9.17, 15) is 22.4 Å². The summed E-state index contributed by atoms with van der Waals surface area (Å²) in [6, 6.07) is 3.05. The third-order valence-corrected chi connectivity index (χ3v) is 5.90. The van der Waals surface area contributed by atoms with E-state index in [2.05, 4.69) is 4.74 Å². The molecule has 0 saturated carbocycles. The lowest BCUT2D eigenvalue weighted by molar-refractivity contribution is -0.127. The van der Waals surface area contributed by atoms with Crippen molar-refractivity contribution in [2.75, 3.05) is 19.7 Å². The van der Waals surface area contributed by atoms with Crippen molar-refractivity contribution in [3.63, 3.8) is 0 Å². The molecule has 124 valence electrons. The molecule has 1 unspecified atom stereocenters. The standard InChI is InChI=1S/C14H15FN2O5S/c1-9-6-11(2-3-12(9)15)23(20,21)16-5-4-10(7-16)17-13(18)8-22-14(17)19/h2-3,6,10H,4-5,7-8H2,1H3. The molecule has 0 radical (unpaired) electrons. The van der Waals surface area contributed by atoms with E-state index >= 15 is 0 Å². The Morgan fingerprint density at radius 1 is 1.30 bits per heavy atom. The lowest BCUT2D eigenvalue weighted by Gasteiger charge is -2.20. The highest BCUT2D eigenvalue weighted by atomic mass is 32.2. The van der Waals surface area contributed by atoms with E-state index < -0.39 is 33.9 Å². The second-order valence-corrected chi connectivity index (χ2v) is 7.47. The van der Waals surface area contributed by atoms with E-state index in [1.54, 1.807) is 0 Å². The lowest BCUT2D eigenvalue weighted by atomic mass is 10.2.